The van der Waals surface area contributed by atoms with Crippen molar-refractivity contribution in [3.05, 3.63) is 0 Å². The molecule has 0 amide bonds. The molecular formula is C25H46O5Si. The van der Waals surface area contributed by atoms with Crippen LogP contribution in [0.2, 0.25) is 18.1 Å². The van der Waals surface area contributed by atoms with Gasteiger partial charge >= 0.3 is 0 Å². The monoisotopic (exact) mass is 454 g/mol. The van der Waals surface area contributed by atoms with E-state index in [4.69, 9.17) is 18.6 Å². The molecule has 0 aliphatic carbocycles. The van der Waals surface area contributed by atoms with E-state index in [1.54, 1.807) is 0 Å². The molecule has 3 fully saturated rings. The van der Waals surface area contributed by atoms with Crippen molar-refractivity contribution in [3.8, 4) is 0 Å². The Labute approximate surface area is 191 Å². The van der Waals surface area contributed by atoms with Gasteiger partial charge in [0.05, 0.1) is 36.1 Å². The molecule has 0 aromatic carbocycles. The molecule has 0 spiro atoms. The third-order valence-corrected chi connectivity index (χ3v) is 13.2. The molecule has 0 aromatic rings. The highest BCUT2D eigenvalue weighted by Crippen LogP contribution is 2.44. The lowest BCUT2D eigenvalue weighted by molar-refractivity contribution is -0.248. The van der Waals surface area contributed by atoms with Crippen LogP contribution in [0.1, 0.15) is 81.1 Å². The smallest absolute Gasteiger partial charge is 0.192 e. The van der Waals surface area contributed by atoms with Gasteiger partial charge in [0.2, 0.25) is 0 Å². The quantitative estimate of drug-likeness (QED) is 0.524. The predicted molar refractivity (Wildman–Crippen MR) is 126 cm³/mol. The second kappa shape index (κ2) is 8.82. The molecule has 9 atom stereocenters. The van der Waals surface area contributed by atoms with Crippen molar-refractivity contribution >= 4 is 14.1 Å². The second-order valence-electron chi connectivity index (χ2n) is 12.3. The van der Waals surface area contributed by atoms with Crippen molar-refractivity contribution in [2.75, 3.05) is 0 Å². The Morgan fingerprint density at radius 2 is 1.68 bits per heavy atom. The van der Waals surface area contributed by atoms with Gasteiger partial charge in [0.15, 0.2) is 14.1 Å². The first-order valence-corrected chi connectivity index (χ1v) is 15.2. The summed E-state index contributed by atoms with van der Waals surface area (Å²) in [4.78, 5) is 13.1. The lowest BCUT2D eigenvalue weighted by Gasteiger charge is -2.51. The zero-order valence-electron chi connectivity index (χ0n) is 21.5. The van der Waals surface area contributed by atoms with Crippen LogP contribution in [0.15, 0.2) is 0 Å². The topological polar surface area (TPSA) is 54.0 Å². The fraction of sp³-hybridized carbons (Fsp3) is 0.960. The molecular weight excluding hydrogens is 408 g/mol. The number of ketones is 1. The Kier molecular flexibility index (Phi) is 7.22. The zero-order valence-corrected chi connectivity index (χ0v) is 22.5. The lowest BCUT2D eigenvalue weighted by Crippen LogP contribution is -2.60. The molecule has 3 rings (SSSR count). The molecule has 0 unspecified atom stereocenters. The molecule has 0 radical (unpaired) electrons. The van der Waals surface area contributed by atoms with Gasteiger partial charge in [0, 0.05) is 12.8 Å². The van der Waals surface area contributed by atoms with Gasteiger partial charge in [-0.3, -0.25) is 4.79 Å². The standard InChI is InChI=1S/C25H46O5Si/c1-15-11-22(30-31(9,10)24(5,6)7)21(27-17(15)3)13-20-19(26)12-23-25(8,29-20)14-16(2)18(4)28-23/h15-18,20-23H,11-14H2,1-10H3/t15-,16-,17+,18+,20+,21-,22+,23+,25-/m0/s1. The first kappa shape index (κ1) is 25.4. The van der Waals surface area contributed by atoms with Crippen LogP contribution in [0.3, 0.4) is 0 Å². The number of fused-ring (bicyclic) bond motifs is 1. The number of hydrogen-bond acceptors (Lipinski definition) is 5. The number of rotatable bonds is 4. The van der Waals surface area contributed by atoms with Crippen LogP contribution >= 0.6 is 0 Å². The van der Waals surface area contributed by atoms with Crippen LogP contribution < -0.4 is 0 Å². The summed E-state index contributed by atoms with van der Waals surface area (Å²) in [6.07, 6.45) is 2.52. The average molecular weight is 455 g/mol. The Morgan fingerprint density at radius 3 is 2.29 bits per heavy atom. The van der Waals surface area contributed by atoms with Crippen molar-refractivity contribution in [2.45, 2.75) is 141 Å². The van der Waals surface area contributed by atoms with Gasteiger partial charge < -0.3 is 18.6 Å². The molecule has 0 saturated carbocycles. The fourth-order valence-corrected chi connectivity index (χ4v) is 6.41. The van der Waals surface area contributed by atoms with Gasteiger partial charge in [-0.05, 0) is 63.6 Å². The first-order valence-electron chi connectivity index (χ1n) is 12.3. The number of Topliss-reactive ketones (excluding diaryl/α,β-unsaturated/α-hetero) is 1. The number of carbonyl (C=O) groups is 1. The zero-order chi connectivity index (χ0) is 23.4. The lowest BCUT2D eigenvalue weighted by atomic mass is 9.77. The molecule has 180 valence electrons. The number of carbonyl (C=O) groups excluding carboxylic acids is 1. The van der Waals surface area contributed by atoms with E-state index in [0.29, 0.717) is 24.7 Å². The summed E-state index contributed by atoms with van der Waals surface area (Å²) in [6, 6.07) is 0. The maximum absolute atomic E-state index is 13.1. The highest BCUT2D eigenvalue weighted by Gasteiger charge is 2.52. The Balaban J connectivity index is 1.75. The van der Waals surface area contributed by atoms with Crippen molar-refractivity contribution in [1.29, 1.82) is 0 Å². The van der Waals surface area contributed by atoms with Crippen LogP contribution in [0.25, 0.3) is 0 Å². The maximum atomic E-state index is 13.1. The van der Waals surface area contributed by atoms with Crippen molar-refractivity contribution in [3.63, 3.8) is 0 Å². The van der Waals surface area contributed by atoms with E-state index in [2.05, 4.69) is 68.5 Å². The molecule has 0 N–H and O–H groups in total. The molecule has 3 heterocycles. The molecule has 3 saturated heterocycles. The van der Waals surface area contributed by atoms with E-state index in [9.17, 15) is 4.79 Å². The van der Waals surface area contributed by atoms with Crippen molar-refractivity contribution in [1.82, 2.24) is 0 Å². The first-order chi connectivity index (χ1) is 14.1. The SMILES string of the molecule is C[C@H]1C[C@@H](O[Si](C)(C)C(C)(C)C)[C@H](C[C@H]2O[C@@]3(C)C[C@H](C)[C@@H](C)O[C@@H]3CC2=O)O[C@@H]1C. The summed E-state index contributed by atoms with van der Waals surface area (Å²) >= 11 is 0. The van der Waals surface area contributed by atoms with E-state index in [-0.39, 0.29) is 41.3 Å². The average Bonchev–Trinajstić information content (AvgIpc) is 2.61. The van der Waals surface area contributed by atoms with Gasteiger partial charge in [0.1, 0.15) is 6.10 Å². The summed E-state index contributed by atoms with van der Waals surface area (Å²) < 4.78 is 26.0. The van der Waals surface area contributed by atoms with Gasteiger partial charge in [-0.15, -0.1) is 0 Å². The van der Waals surface area contributed by atoms with Crippen LogP contribution in [0.5, 0.6) is 0 Å². The minimum atomic E-state index is -1.95. The third-order valence-electron chi connectivity index (χ3n) is 8.65. The van der Waals surface area contributed by atoms with E-state index in [0.717, 1.165) is 12.8 Å². The van der Waals surface area contributed by atoms with Gasteiger partial charge in [-0.2, -0.15) is 0 Å². The molecule has 0 bridgehead atoms. The minimum Gasteiger partial charge on any atom is -0.411 e. The largest absolute Gasteiger partial charge is 0.411 e. The van der Waals surface area contributed by atoms with E-state index in [1.165, 1.54) is 0 Å². The summed E-state index contributed by atoms with van der Waals surface area (Å²) in [5.41, 5.74) is -0.409. The second-order valence-corrected chi connectivity index (χ2v) is 17.1. The van der Waals surface area contributed by atoms with Crippen molar-refractivity contribution < 1.29 is 23.4 Å². The number of ether oxygens (including phenoxy) is 3. The fourth-order valence-electron chi connectivity index (χ4n) is 5.05. The maximum Gasteiger partial charge on any atom is 0.192 e. The number of hydrogen-bond donors (Lipinski definition) is 0. The van der Waals surface area contributed by atoms with Gasteiger partial charge in [-0.1, -0.05) is 34.6 Å². The summed E-state index contributed by atoms with van der Waals surface area (Å²) in [5, 5.41) is 0.133. The van der Waals surface area contributed by atoms with Crippen LogP contribution in [-0.4, -0.2) is 56.3 Å². The predicted octanol–water partition coefficient (Wildman–Crippen LogP) is 5.51. The van der Waals surface area contributed by atoms with E-state index in [1.807, 2.05) is 0 Å². The molecule has 0 aromatic heterocycles. The molecule has 3 aliphatic heterocycles. The third kappa shape index (κ3) is 5.29. The van der Waals surface area contributed by atoms with Crippen LogP contribution in [0.4, 0.5) is 0 Å². The minimum absolute atomic E-state index is 0.00979. The summed E-state index contributed by atoms with van der Waals surface area (Å²) in [5.74, 6) is 0.992. The summed E-state index contributed by atoms with van der Waals surface area (Å²) in [6.45, 7) is 22.2. The van der Waals surface area contributed by atoms with E-state index >= 15 is 0 Å². The summed E-state index contributed by atoms with van der Waals surface area (Å²) in [7, 11) is -1.95. The van der Waals surface area contributed by atoms with Gasteiger partial charge in [-0.25, -0.2) is 0 Å². The highest BCUT2D eigenvalue weighted by molar-refractivity contribution is 6.74. The Hall–Kier alpha value is -0.273. The van der Waals surface area contributed by atoms with E-state index < -0.39 is 20.0 Å². The van der Waals surface area contributed by atoms with Crippen LogP contribution in [-0.2, 0) is 23.4 Å². The Morgan fingerprint density at radius 1 is 1.06 bits per heavy atom. The van der Waals surface area contributed by atoms with Gasteiger partial charge in [0.25, 0.3) is 0 Å². The van der Waals surface area contributed by atoms with Crippen LogP contribution in [0, 0.1) is 11.8 Å². The Bertz CT molecular complexity index is 659. The molecule has 3 aliphatic rings. The molecule has 6 heteroatoms. The molecule has 31 heavy (non-hydrogen) atoms. The molecule has 5 nitrogen and oxygen atoms in total. The normalized spacial score (nSPS) is 44.8. The van der Waals surface area contributed by atoms with Crippen molar-refractivity contribution in [2.24, 2.45) is 11.8 Å². The highest BCUT2D eigenvalue weighted by atomic mass is 28.4.